The molecule has 1 N–H and O–H groups in total. The van der Waals surface area contributed by atoms with Gasteiger partial charge in [-0.25, -0.2) is 0 Å². The van der Waals surface area contributed by atoms with E-state index >= 15 is 0 Å². The average Bonchev–Trinajstić information content (AvgIpc) is 2.66. The highest BCUT2D eigenvalue weighted by Gasteiger charge is 2.35. The Morgan fingerprint density at radius 3 is 2.54 bits per heavy atom. The summed E-state index contributed by atoms with van der Waals surface area (Å²) in [6.07, 6.45) is 1.73. The van der Waals surface area contributed by atoms with Crippen LogP contribution in [0.25, 0.3) is 0 Å². The molecule has 0 aliphatic carbocycles. The topological polar surface area (TPSA) is 93.3 Å². The summed E-state index contributed by atoms with van der Waals surface area (Å²) >= 11 is 0. The Kier molecular flexibility index (Phi) is 5.75. The van der Waals surface area contributed by atoms with E-state index in [2.05, 4.69) is 5.32 Å². The third-order valence-electron chi connectivity index (χ3n) is 5.42. The summed E-state index contributed by atoms with van der Waals surface area (Å²) in [5, 5.41) is 3.06. The van der Waals surface area contributed by atoms with Crippen LogP contribution in [0.15, 0.2) is 0 Å². The van der Waals surface area contributed by atoms with Gasteiger partial charge in [0.2, 0.25) is 11.8 Å². The van der Waals surface area contributed by atoms with Crippen molar-refractivity contribution >= 4 is 23.6 Å². The van der Waals surface area contributed by atoms with Gasteiger partial charge < -0.3 is 24.9 Å². The molecule has 3 fully saturated rings. The molecule has 1 atom stereocenters. The van der Waals surface area contributed by atoms with Gasteiger partial charge >= 0.3 is 11.8 Å². The summed E-state index contributed by atoms with van der Waals surface area (Å²) in [7, 11) is 0. The number of nitrogens with one attached hydrogen (secondary N) is 1. The molecule has 0 aromatic heterocycles. The van der Waals surface area contributed by atoms with Crippen molar-refractivity contribution in [3.63, 3.8) is 0 Å². The highest BCUT2D eigenvalue weighted by atomic mass is 16.2. The maximum Gasteiger partial charge on any atom is 0.312 e. The summed E-state index contributed by atoms with van der Waals surface area (Å²) in [4.78, 5) is 55.3. The van der Waals surface area contributed by atoms with Gasteiger partial charge in [-0.15, -0.1) is 0 Å². The van der Waals surface area contributed by atoms with Crippen LogP contribution in [-0.2, 0) is 19.2 Å². The number of hydrogen-bond acceptors (Lipinski definition) is 5. The predicted octanol–water partition coefficient (Wildman–Crippen LogP) is -1.90. The lowest BCUT2D eigenvalue weighted by Gasteiger charge is -2.41. The molecule has 26 heavy (non-hydrogen) atoms. The van der Waals surface area contributed by atoms with Crippen LogP contribution in [0.1, 0.15) is 19.8 Å². The summed E-state index contributed by atoms with van der Waals surface area (Å²) in [6.45, 7) is 6.04. The Morgan fingerprint density at radius 1 is 1.08 bits per heavy atom. The van der Waals surface area contributed by atoms with Crippen molar-refractivity contribution in [3.8, 4) is 0 Å². The third-order valence-corrected chi connectivity index (χ3v) is 5.42. The summed E-state index contributed by atoms with van der Waals surface area (Å²) < 4.78 is 0. The van der Waals surface area contributed by atoms with E-state index in [1.165, 1.54) is 9.80 Å². The Balaban J connectivity index is 1.57. The van der Waals surface area contributed by atoms with Gasteiger partial charge in [0.25, 0.3) is 0 Å². The van der Waals surface area contributed by atoms with Crippen LogP contribution >= 0.6 is 0 Å². The summed E-state index contributed by atoms with van der Waals surface area (Å²) in [6, 6.07) is 0.0385. The maximum atomic E-state index is 12.7. The van der Waals surface area contributed by atoms with Crippen LogP contribution < -0.4 is 5.32 Å². The van der Waals surface area contributed by atoms with E-state index in [4.69, 9.17) is 0 Å². The maximum absolute atomic E-state index is 12.7. The number of nitrogens with zero attached hydrogens (tertiary/aromatic N) is 4. The quantitative estimate of drug-likeness (QED) is 0.588. The predicted molar refractivity (Wildman–Crippen MR) is 93.0 cm³/mol. The summed E-state index contributed by atoms with van der Waals surface area (Å²) in [5.74, 6) is -1.21. The minimum atomic E-state index is -0.600. The molecule has 3 aliphatic heterocycles. The first kappa shape index (κ1) is 18.6. The first-order chi connectivity index (χ1) is 12.5. The van der Waals surface area contributed by atoms with Crippen molar-refractivity contribution in [2.75, 3.05) is 58.9 Å². The van der Waals surface area contributed by atoms with Crippen LogP contribution in [0.4, 0.5) is 0 Å². The van der Waals surface area contributed by atoms with Gasteiger partial charge in [0.1, 0.15) is 6.54 Å². The van der Waals surface area contributed by atoms with Gasteiger partial charge in [-0.05, 0) is 19.8 Å². The molecule has 1 unspecified atom stereocenters. The fourth-order valence-corrected chi connectivity index (χ4v) is 3.87. The fraction of sp³-hybridized carbons (Fsp3) is 0.765. The molecular weight excluding hydrogens is 338 g/mol. The van der Waals surface area contributed by atoms with Crippen LogP contribution in [-0.4, -0.2) is 108 Å². The van der Waals surface area contributed by atoms with E-state index in [1.54, 1.807) is 4.90 Å². The zero-order valence-electron chi connectivity index (χ0n) is 15.3. The molecule has 0 spiro atoms. The molecule has 4 amide bonds. The number of carbonyl (C=O) groups excluding carboxylic acids is 4. The number of rotatable bonds is 4. The minimum absolute atomic E-state index is 0.0385. The molecule has 0 saturated carbocycles. The monoisotopic (exact) mass is 365 g/mol. The SMILES string of the molecule is CCN1CCN(CC(=O)N2CCCC(N3CCNCC3=O)C2)C(=O)C1=O. The van der Waals surface area contributed by atoms with Crippen molar-refractivity contribution in [2.24, 2.45) is 0 Å². The number of hydrogen-bond donors (Lipinski definition) is 1. The molecular formula is C17H27N5O4. The minimum Gasteiger partial charge on any atom is -0.339 e. The van der Waals surface area contributed by atoms with Crippen LogP contribution in [0, 0.1) is 0 Å². The van der Waals surface area contributed by atoms with Crippen LogP contribution in [0.3, 0.4) is 0 Å². The van der Waals surface area contributed by atoms with Crippen molar-refractivity contribution in [1.82, 2.24) is 24.9 Å². The number of amides is 4. The largest absolute Gasteiger partial charge is 0.339 e. The molecule has 9 nitrogen and oxygen atoms in total. The average molecular weight is 365 g/mol. The number of likely N-dealkylation sites (N-methyl/N-ethyl adjacent to an activating group) is 1. The number of carbonyl (C=O) groups is 4. The molecule has 0 radical (unpaired) electrons. The van der Waals surface area contributed by atoms with Gasteiger partial charge in [0, 0.05) is 51.9 Å². The molecule has 9 heteroatoms. The van der Waals surface area contributed by atoms with Crippen molar-refractivity contribution in [3.05, 3.63) is 0 Å². The Hall–Kier alpha value is -2.16. The Morgan fingerprint density at radius 2 is 1.81 bits per heavy atom. The van der Waals surface area contributed by atoms with Gasteiger partial charge in [0.15, 0.2) is 0 Å². The van der Waals surface area contributed by atoms with Crippen LogP contribution in [0.5, 0.6) is 0 Å². The highest BCUT2D eigenvalue weighted by molar-refractivity contribution is 6.35. The first-order valence-electron chi connectivity index (χ1n) is 9.37. The standard InChI is InChI=1S/C17H27N5O4/c1-2-19-8-9-21(17(26)16(19)25)12-15(24)20-6-3-4-13(11-20)22-7-5-18-10-14(22)23/h13,18H,2-12H2,1H3. The van der Waals surface area contributed by atoms with Gasteiger partial charge in [-0.3, -0.25) is 19.2 Å². The first-order valence-corrected chi connectivity index (χ1v) is 9.37. The summed E-state index contributed by atoms with van der Waals surface area (Å²) in [5.41, 5.74) is 0. The van der Waals surface area contributed by atoms with Crippen molar-refractivity contribution in [2.45, 2.75) is 25.8 Å². The molecule has 144 valence electrons. The molecule has 3 heterocycles. The molecule has 0 aromatic rings. The van der Waals surface area contributed by atoms with E-state index < -0.39 is 11.8 Å². The van der Waals surface area contributed by atoms with E-state index in [-0.39, 0.29) is 24.4 Å². The molecule has 3 rings (SSSR count). The van der Waals surface area contributed by atoms with Crippen LogP contribution in [0.2, 0.25) is 0 Å². The second-order valence-electron chi connectivity index (χ2n) is 7.01. The van der Waals surface area contributed by atoms with Crippen molar-refractivity contribution in [1.29, 1.82) is 0 Å². The third kappa shape index (κ3) is 3.82. The van der Waals surface area contributed by atoms with E-state index in [0.29, 0.717) is 45.8 Å². The second kappa shape index (κ2) is 8.03. The number of piperidine rings is 1. The Bertz CT molecular complexity index is 596. The lowest BCUT2D eigenvalue weighted by atomic mass is 10.0. The zero-order chi connectivity index (χ0) is 18.7. The normalized spacial score (nSPS) is 25.1. The van der Waals surface area contributed by atoms with Crippen molar-refractivity contribution < 1.29 is 19.2 Å². The lowest BCUT2D eigenvalue weighted by Crippen LogP contribution is -2.59. The number of piperazine rings is 2. The molecule has 0 aromatic carbocycles. The van der Waals surface area contributed by atoms with E-state index in [1.807, 2.05) is 11.8 Å². The van der Waals surface area contributed by atoms with E-state index in [0.717, 1.165) is 19.4 Å². The fourth-order valence-electron chi connectivity index (χ4n) is 3.87. The molecule has 3 saturated heterocycles. The molecule has 3 aliphatic rings. The molecule has 0 bridgehead atoms. The van der Waals surface area contributed by atoms with Gasteiger partial charge in [-0.1, -0.05) is 0 Å². The second-order valence-corrected chi connectivity index (χ2v) is 7.01. The smallest absolute Gasteiger partial charge is 0.312 e. The number of likely N-dealkylation sites (tertiary alicyclic amines) is 1. The van der Waals surface area contributed by atoms with E-state index in [9.17, 15) is 19.2 Å². The lowest BCUT2D eigenvalue weighted by molar-refractivity contribution is -0.158. The zero-order valence-corrected chi connectivity index (χ0v) is 15.3. The van der Waals surface area contributed by atoms with Gasteiger partial charge in [0.05, 0.1) is 6.54 Å². The highest BCUT2D eigenvalue weighted by Crippen LogP contribution is 2.18. The van der Waals surface area contributed by atoms with Gasteiger partial charge in [-0.2, -0.15) is 0 Å². The Labute approximate surface area is 153 Å².